The third kappa shape index (κ3) is 7.63. The number of fused-ring (bicyclic) bond motifs is 1. The van der Waals surface area contributed by atoms with Crippen LogP contribution in [-0.4, -0.2) is 78.3 Å². The van der Waals surface area contributed by atoms with Gasteiger partial charge in [0.25, 0.3) is 5.91 Å². The molecule has 0 spiro atoms. The second-order valence-corrected chi connectivity index (χ2v) is 12.0. The van der Waals surface area contributed by atoms with Gasteiger partial charge >= 0.3 is 6.03 Å². The van der Waals surface area contributed by atoms with Crippen LogP contribution in [0.25, 0.3) is 0 Å². The Morgan fingerprint density at radius 1 is 1.11 bits per heavy atom. The molecule has 8 nitrogen and oxygen atoms in total. The number of hydrogen-bond acceptors (Lipinski definition) is 5. The Labute approximate surface area is 228 Å². The number of hydrogen-bond donors (Lipinski definition) is 3. The van der Waals surface area contributed by atoms with Gasteiger partial charge < -0.3 is 30.3 Å². The second-order valence-electron chi connectivity index (χ2n) is 12.0. The van der Waals surface area contributed by atoms with E-state index in [1.807, 2.05) is 6.92 Å². The Hall–Kier alpha value is -2.32. The molecule has 3 amide bonds. The van der Waals surface area contributed by atoms with Gasteiger partial charge in [0.15, 0.2) is 0 Å². The van der Waals surface area contributed by atoms with Crippen LogP contribution in [0.5, 0.6) is 5.75 Å². The number of benzene rings is 1. The number of nitrogens with zero attached hydrogens (tertiary/aromatic N) is 2. The number of urea groups is 1. The average molecular weight is 529 g/mol. The molecule has 0 aromatic heterocycles. The van der Waals surface area contributed by atoms with Crippen molar-refractivity contribution in [2.24, 2.45) is 11.8 Å². The van der Waals surface area contributed by atoms with Crippen LogP contribution in [0, 0.1) is 11.8 Å². The van der Waals surface area contributed by atoms with E-state index in [0.717, 1.165) is 44.7 Å². The van der Waals surface area contributed by atoms with Crippen LogP contribution in [-0.2, 0) is 0 Å². The van der Waals surface area contributed by atoms with E-state index in [0.29, 0.717) is 23.5 Å². The van der Waals surface area contributed by atoms with Crippen molar-refractivity contribution < 1.29 is 19.4 Å². The number of aliphatic hydroxyl groups is 1. The standard InChI is InChI=1S/C30H48N4O4/c1-21-17-34(22(2)20-35)29(36)26-16-25(32-30(37)31-24-12-8-5-9-13-24)14-15-27(26)38-28(21)19-33(3)18-23-10-6-4-7-11-23/h14-16,21-24,28,35H,4-13,17-20H2,1-3H3,(H2,31,32,37)/t21-,22-,28-/m0/s1. The molecule has 3 aliphatic rings. The summed E-state index contributed by atoms with van der Waals surface area (Å²) in [4.78, 5) is 30.5. The fraction of sp³-hybridized carbons (Fsp3) is 0.733. The molecule has 0 radical (unpaired) electrons. The molecule has 1 aromatic carbocycles. The molecule has 38 heavy (non-hydrogen) atoms. The molecule has 3 atom stereocenters. The zero-order chi connectivity index (χ0) is 27.1. The number of rotatable bonds is 8. The summed E-state index contributed by atoms with van der Waals surface area (Å²) in [5, 5.41) is 15.9. The molecule has 0 bridgehead atoms. The number of nitrogens with one attached hydrogen (secondary N) is 2. The van der Waals surface area contributed by atoms with Gasteiger partial charge in [-0.3, -0.25) is 4.79 Å². The quantitative estimate of drug-likeness (QED) is 0.447. The molecule has 4 rings (SSSR count). The molecule has 1 aromatic rings. The first-order valence-corrected chi connectivity index (χ1v) is 14.8. The third-order valence-electron chi connectivity index (χ3n) is 8.65. The second kappa shape index (κ2) is 13.7. The van der Waals surface area contributed by atoms with Crippen LogP contribution in [0.2, 0.25) is 0 Å². The first-order chi connectivity index (χ1) is 18.3. The van der Waals surface area contributed by atoms with Crippen LogP contribution >= 0.6 is 0 Å². The Bertz CT molecular complexity index is 929. The summed E-state index contributed by atoms with van der Waals surface area (Å²) in [6.07, 6.45) is 12.0. The summed E-state index contributed by atoms with van der Waals surface area (Å²) >= 11 is 0. The Morgan fingerprint density at radius 2 is 1.79 bits per heavy atom. The lowest BCUT2D eigenvalue weighted by Crippen LogP contribution is -2.50. The fourth-order valence-electron chi connectivity index (χ4n) is 6.31. The minimum absolute atomic E-state index is 0.0916. The number of ether oxygens (including phenoxy) is 1. The maximum absolute atomic E-state index is 13.7. The van der Waals surface area contributed by atoms with Gasteiger partial charge in [0.1, 0.15) is 11.9 Å². The molecular formula is C30H48N4O4. The van der Waals surface area contributed by atoms with Gasteiger partial charge in [0, 0.05) is 37.3 Å². The minimum atomic E-state index is -0.317. The molecule has 1 heterocycles. The molecule has 0 saturated heterocycles. The Balaban J connectivity index is 1.50. The first kappa shape index (κ1) is 28.7. The first-order valence-electron chi connectivity index (χ1n) is 14.8. The maximum Gasteiger partial charge on any atom is 0.319 e. The third-order valence-corrected chi connectivity index (χ3v) is 8.65. The van der Waals surface area contributed by atoms with Crippen molar-refractivity contribution in [3.63, 3.8) is 0 Å². The molecule has 2 saturated carbocycles. The molecule has 1 aliphatic heterocycles. The number of amides is 3. The summed E-state index contributed by atoms with van der Waals surface area (Å²) in [6.45, 7) is 6.23. The number of carbonyl (C=O) groups excluding carboxylic acids is 2. The molecule has 2 fully saturated rings. The highest BCUT2D eigenvalue weighted by Crippen LogP contribution is 2.31. The topological polar surface area (TPSA) is 94.1 Å². The predicted octanol–water partition coefficient (Wildman–Crippen LogP) is 4.87. The molecule has 212 valence electrons. The molecule has 3 N–H and O–H groups in total. The van der Waals surface area contributed by atoms with Gasteiger partial charge in [0.2, 0.25) is 0 Å². The fourth-order valence-corrected chi connectivity index (χ4v) is 6.31. The predicted molar refractivity (Wildman–Crippen MR) is 151 cm³/mol. The summed E-state index contributed by atoms with van der Waals surface area (Å²) < 4.78 is 6.54. The van der Waals surface area contributed by atoms with E-state index in [-0.39, 0.29) is 42.7 Å². The van der Waals surface area contributed by atoms with E-state index in [9.17, 15) is 14.7 Å². The van der Waals surface area contributed by atoms with E-state index in [1.165, 1.54) is 38.5 Å². The van der Waals surface area contributed by atoms with E-state index >= 15 is 0 Å². The van der Waals surface area contributed by atoms with E-state index in [4.69, 9.17) is 4.74 Å². The van der Waals surface area contributed by atoms with Gasteiger partial charge in [-0.15, -0.1) is 0 Å². The van der Waals surface area contributed by atoms with Crippen molar-refractivity contribution in [2.75, 3.05) is 38.6 Å². The molecular weight excluding hydrogens is 480 g/mol. The van der Waals surface area contributed by atoms with Crippen LogP contribution in [0.15, 0.2) is 18.2 Å². The molecule has 0 unspecified atom stereocenters. The van der Waals surface area contributed by atoms with Gasteiger partial charge in [-0.05, 0) is 63.8 Å². The zero-order valence-electron chi connectivity index (χ0n) is 23.6. The van der Waals surface area contributed by atoms with Crippen molar-refractivity contribution in [3.05, 3.63) is 23.8 Å². The van der Waals surface area contributed by atoms with Crippen LogP contribution < -0.4 is 15.4 Å². The van der Waals surface area contributed by atoms with Crippen LogP contribution in [0.1, 0.15) is 88.4 Å². The van der Waals surface area contributed by atoms with Crippen molar-refractivity contribution in [3.8, 4) is 5.75 Å². The number of aliphatic hydroxyl groups excluding tert-OH is 1. The van der Waals surface area contributed by atoms with Gasteiger partial charge in [-0.25, -0.2) is 4.79 Å². The van der Waals surface area contributed by atoms with E-state index in [2.05, 4.69) is 29.5 Å². The van der Waals surface area contributed by atoms with Gasteiger partial charge in [0.05, 0.1) is 18.2 Å². The number of anilines is 1. The van der Waals surface area contributed by atoms with E-state index < -0.39 is 0 Å². The lowest BCUT2D eigenvalue weighted by molar-refractivity contribution is 0.0330. The van der Waals surface area contributed by atoms with Crippen LogP contribution in [0.4, 0.5) is 10.5 Å². The largest absolute Gasteiger partial charge is 0.488 e. The normalized spacial score (nSPS) is 24.2. The van der Waals surface area contributed by atoms with Crippen molar-refractivity contribution >= 4 is 17.6 Å². The van der Waals surface area contributed by atoms with Crippen molar-refractivity contribution in [1.29, 1.82) is 0 Å². The highest BCUT2D eigenvalue weighted by atomic mass is 16.5. The van der Waals surface area contributed by atoms with Gasteiger partial charge in [-0.2, -0.15) is 0 Å². The smallest absolute Gasteiger partial charge is 0.319 e. The van der Waals surface area contributed by atoms with Gasteiger partial charge in [-0.1, -0.05) is 45.4 Å². The summed E-state index contributed by atoms with van der Waals surface area (Å²) in [6, 6.07) is 4.97. The highest BCUT2D eigenvalue weighted by Gasteiger charge is 2.34. The van der Waals surface area contributed by atoms with Crippen LogP contribution in [0.3, 0.4) is 0 Å². The van der Waals surface area contributed by atoms with Crippen molar-refractivity contribution in [1.82, 2.24) is 15.1 Å². The zero-order valence-corrected chi connectivity index (χ0v) is 23.6. The lowest BCUT2D eigenvalue weighted by Gasteiger charge is -2.38. The number of carbonyl (C=O) groups is 2. The lowest BCUT2D eigenvalue weighted by atomic mass is 9.89. The number of likely N-dealkylation sites (N-methyl/N-ethyl adjacent to an activating group) is 1. The summed E-state index contributed by atoms with van der Waals surface area (Å²) in [5.41, 5.74) is 0.984. The average Bonchev–Trinajstić information content (AvgIpc) is 2.91. The SMILES string of the molecule is C[C@H]1CN([C@@H](C)CO)C(=O)c2cc(NC(=O)NC3CCCCC3)ccc2O[C@H]1CN(C)CC1CCCCC1. The maximum atomic E-state index is 13.7. The minimum Gasteiger partial charge on any atom is -0.488 e. The van der Waals surface area contributed by atoms with E-state index in [1.54, 1.807) is 23.1 Å². The Kier molecular flexibility index (Phi) is 10.3. The highest BCUT2D eigenvalue weighted by molar-refractivity contribution is 5.99. The summed E-state index contributed by atoms with van der Waals surface area (Å²) in [7, 11) is 2.17. The Morgan fingerprint density at radius 3 is 2.47 bits per heavy atom. The summed E-state index contributed by atoms with van der Waals surface area (Å²) in [5.74, 6) is 1.18. The molecule has 2 aliphatic carbocycles. The van der Waals surface area contributed by atoms with Crippen molar-refractivity contribution in [2.45, 2.75) is 96.2 Å². The monoisotopic (exact) mass is 528 g/mol. The molecule has 8 heteroatoms.